The van der Waals surface area contributed by atoms with Gasteiger partial charge in [0.1, 0.15) is 12.1 Å². The molecule has 3 aromatic rings. The van der Waals surface area contributed by atoms with E-state index in [1.807, 2.05) is 60.7 Å². The van der Waals surface area contributed by atoms with Gasteiger partial charge in [-0.3, -0.25) is 0 Å². The molecule has 3 rings (SSSR count). The predicted octanol–water partition coefficient (Wildman–Crippen LogP) is 5.06. The van der Waals surface area contributed by atoms with Gasteiger partial charge in [-0.1, -0.05) is 30.3 Å². The number of hydrogen-bond acceptors (Lipinski definition) is 4. The molecule has 1 heterocycles. The quantitative estimate of drug-likeness (QED) is 0.610. The molecule has 0 unspecified atom stereocenters. The Balaban J connectivity index is 0.00000280. The van der Waals surface area contributed by atoms with E-state index in [0.717, 1.165) is 35.9 Å². The third-order valence-corrected chi connectivity index (χ3v) is 4.19. The maximum atomic E-state index is 12.2. The lowest BCUT2D eigenvalue weighted by atomic mass is 10.1. The Morgan fingerprint density at radius 2 is 1.57 bits per heavy atom. The molecule has 0 aliphatic heterocycles. The average molecular weight is 398 g/mol. The SMILES string of the molecule is CCN(CC)c1cc(-c2cccc(NC(=O)Nc3ccccc3)c2)ncn1.Cl. The minimum absolute atomic E-state index is 0. The summed E-state index contributed by atoms with van der Waals surface area (Å²) < 4.78 is 0. The van der Waals surface area contributed by atoms with Crippen LogP contribution >= 0.6 is 12.4 Å². The van der Waals surface area contributed by atoms with Gasteiger partial charge in [0.15, 0.2) is 0 Å². The number of rotatable bonds is 6. The van der Waals surface area contributed by atoms with E-state index in [4.69, 9.17) is 0 Å². The Kier molecular flexibility index (Phi) is 7.77. The van der Waals surface area contributed by atoms with E-state index >= 15 is 0 Å². The molecule has 0 bridgehead atoms. The summed E-state index contributed by atoms with van der Waals surface area (Å²) in [4.78, 5) is 23.1. The third kappa shape index (κ3) is 5.44. The highest BCUT2D eigenvalue weighted by Crippen LogP contribution is 2.23. The molecule has 0 spiro atoms. The van der Waals surface area contributed by atoms with Crippen LogP contribution < -0.4 is 15.5 Å². The van der Waals surface area contributed by atoms with Crippen LogP contribution in [0, 0.1) is 0 Å². The van der Waals surface area contributed by atoms with Crippen LogP contribution in [0.5, 0.6) is 0 Å². The monoisotopic (exact) mass is 397 g/mol. The van der Waals surface area contributed by atoms with Crippen molar-refractivity contribution >= 4 is 35.6 Å². The van der Waals surface area contributed by atoms with Crippen LogP contribution in [-0.2, 0) is 0 Å². The molecule has 0 aliphatic rings. The van der Waals surface area contributed by atoms with Gasteiger partial charge in [-0.2, -0.15) is 0 Å². The molecule has 2 amide bonds. The number of amides is 2. The first-order valence-electron chi connectivity index (χ1n) is 9.00. The minimum Gasteiger partial charge on any atom is -0.357 e. The molecule has 0 saturated carbocycles. The summed E-state index contributed by atoms with van der Waals surface area (Å²) in [5.74, 6) is 0.894. The van der Waals surface area contributed by atoms with Crippen LogP contribution in [0.2, 0.25) is 0 Å². The number of halogens is 1. The van der Waals surface area contributed by atoms with Crippen molar-refractivity contribution in [3.8, 4) is 11.3 Å². The highest BCUT2D eigenvalue weighted by atomic mass is 35.5. The molecular formula is C21H24ClN5O. The lowest BCUT2D eigenvalue weighted by Gasteiger charge is -2.19. The average Bonchev–Trinajstić information content (AvgIpc) is 2.70. The molecule has 1 aromatic heterocycles. The van der Waals surface area contributed by atoms with Gasteiger partial charge in [0.05, 0.1) is 5.69 Å². The van der Waals surface area contributed by atoms with Crippen LogP contribution in [-0.4, -0.2) is 29.1 Å². The molecule has 0 aliphatic carbocycles. The van der Waals surface area contributed by atoms with Crippen molar-refractivity contribution in [2.75, 3.05) is 28.6 Å². The highest BCUT2D eigenvalue weighted by molar-refractivity contribution is 6.00. The van der Waals surface area contributed by atoms with Crippen LogP contribution in [0.25, 0.3) is 11.3 Å². The smallest absolute Gasteiger partial charge is 0.323 e. The molecule has 2 aromatic carbocycles. The van der Waals surface area contributed by atoms with Crippen LogP contribution in [0.15, 0.2) is 67.0 Å². The highest BCUT2D eigenvalue weighted by Gasteiger charge is 2.08. The number of urea groups is 1. The lowest BCUT2D eigenvalue weighted by Crippen LogP contribution is -2.23. The Hall–Kier alpha value is -3.12. The van der Waals surface area contributed by atoms with Crippen molar-refractivity contribution in [3.63, 3.8) is 0 Å². The normalized spacial score (nSPS) is 9.93. The molecule has 7 heteroatoms. The number of carbonyl (C=O) groups is 1. The van der Waals surface area contributed by atoms with E-state index in [-0.39, 0.29) is 18.4 Å². The fourth-order valence-electron chi connectivity index (χ4n) is 2.80. The van der Waals surface area contributed by atoms with Crippen LogP contribution in [0.3, 0.4) is 0 Å². The fourth-order valence-corrected chi connectivity index (χ4v) is 2.80. The number of aromatic nitrogens is 2. The molecule has 2 N–H and O–H groups in total. The molecular weight excluding hydrogens is 374 g/mol. The van der Waals surface area contributed by atoms with E-state index in [1.54, 1.807) is 6.33 Å². The molecule has 0 fully saturated rings. The van der Waals surface area contributed by atoms with Crippen molar-refractivity contribution in [1.29, 1.82) is 0 Å². The van der Waals surface area contributed by atoms with Gasteiger partial charge in [0.2, 0.25) is 0 Å². The maximum Gasteiger partial charge on any atom is 0.323 e. The summed E-state index contributed by atoms with van der Waals surface area (Å²) in [6, 6.07) is 18.6. The second kappa shape index (κ2) is 10.3. The number of benzene rings is 2. The van der Waals surface area contributed by atoms with Gasteiger partial charge >= 0.3 is 6.03 Å². The van der Waals surface area contributed by atoms with E-state index in [0.29, 0.717) is 5.69 Å². The molecule has 28 heavy (non-hydrogen) atoms. The largest absolute Gasteiger partial charge is 0.357 e. The van der Waals surface area contributed by atoms with Crippen molar-refractivity contribution in [2.24, 2.45) is 0 Å². The van der Waals surface area contributed by atoms with Gasteiger partial charge < -0.3 is 15.5 Å². The summed E-state index contributed by atoms with van der Waals surface area (Å²) in [6.07, 6.45) is 1.57. The maximum absolute atomic E-state index is 12.2. The van der Waals surface area contributed by atoms with Gasteiger partial charge in [0, 0.05) is 36.1 Å². The number of nitrogens with zero attached hydrogens (tertiary/aromatic N) is 3. The number of anilines is 3. The van der Waals surface area contributed by atoms with Crippen molar-refractivity contribution in [1.82, 2.24) is 9.97 Å². The second-order valence-electron chi connectivity index (χ2n) is 5.96. The van der Waals surface area contributed by atoms with Crippen molar-refractivity contribution in [3.05, 3.63) is 67.0 Å². The molecule has 6 nitrogen and oxygen atoms in total. The Labute approximate surface area is 171 Å². The number of para-hydroxylation sites is 1. The zero-order chi connectivity index (χ0) is 19.1. The first-order chi connectivity index (χ1) is 13.2. The van der Waals surface area contributed by atoms with E-state index < -0.39 is 0 Å². The Bertz CT molecular complexity index is 900. The summed E-state index contributed by atoms with van der Waals surface area (Å²) in [5.41, 5.74) is 3.18. The van der Waals surface area contributed by atoms with Gasteiger partial charge in [-0.15, -0.1) is 12.4 Å². The van der Waals surface area contributed by atoms with E-state index in [9.17, 15) is 4.79 Å². The zero-order valence-corrected chi connectivity index (χ0v) is 16.7. The Morgan fingerprint density at radius 3 is 2.29 bits per heavy atom. The topological polar surface area (TPSA) is 70.2 Å². The number of carbonyl (C=O) groups excluding carboxylic acids is 1. The standard InChI is InChI=1S/C21H23N5O.ClH/c1-3-26(4-2)20-14-19(22-15-23-20)16-9-8-12-18(13-16)25-21(27)24-17-10-6-5-7-11-17;/h5-15H,3-4H2,1-2H3,(H2,24,25,27);1H. The summed E-state index contributed by atoms with van der Waals surface area (Å²) in [7, 11) is 0. The third-order valence-electron chi connectivity index (χ3n) is 4.19. The summed E-state index contributed by atoms with van der Waals surface area (Å²) in [6.45, 7) is 5.96. The van der Waals surface area contributed by atoms with Crippen LogP contribution in [0.4, 0.5) is 22.0 Å². The molecule has 0 atom stereocenters. The van der Waals surface area contributed by atoms with Crippen molar-refractivity contribution in [2.45, 2.75) is 13.8 Å². The molecule has 0 radical (unpaired) electrons. The zero-order valence-electron chi connectivity index (χ0n) is 15.9. The Morgan fingerprint density at radius 1 is 0.893 bits per heavy atom. The predicted molar refractivity (Wildman–Crippen MR) is 117 cm³/mol. The van der Waals surface area contributed by atoms with E-state index in [2.05, 4.69) is 39.3 Å². The van der Waals surface area contributed by atoms with Crippen LogP contribution in [0.1, 0.15) is 13.8 Å². The number of nitrogens with one attached hydrogen (secondary N) is 2. The van der Waals surface area contributed by atoms with Gasteiger partial charge in [-0.05, 0) is 38.1 Å². The second-order valence-corrected chi connectivity index (χ2v) is 5.96. The molecule has 0 saturated heterocycles. The van der Waals surface area contributed by atoms with Gasteiger partial charge in [0.25, 0.3) is 0 Å². The summed E-state index contributed by atoms with van der Waals surface area (Å²) >= 11 is 0. The number of hydrogen-bond donors (Lipinski definition) is 2. The lowest BCUT2D eigenvalue weighted by molar-refractivity contribution is 0.262. The first-order valence-corrected chi connectivity index (χ1v) is 9.00. The minimum atomic E-state index is -0.287. The fraction of sp³-hybridized carbons (Fsp3) is 0.190. The molecule has 146 valence electrons. The van der Waals surface area contributed by atoms with Crippen molar-refractivity contribution < 1.29 is 4.79 Å². The first kappa shape index (κ1) is 21.2. The summed E-state index contributed by atoms with van der Waals surface area (Å²) in [5, 5.41) is 5.66. The van der Waals surface area contributed by atoms with Gasteiger partial charge in [-0.25, -0.2) is 14.8 Å². The van der Waals surface area contributed by atoms with E-state index in [1.165, 1.54) is 0 Å².